The Hall–Kier alpha value is -3.41. The maximum atomic E-state index is 13.0. The zero-order valence-corrected chi connectivity index (χ0v) is 18.8. The van der Waals surface area contributed by atoms with Crippen molar-refractivity contribution in [3.8, 4) is 17.1 Å². The maximum Gasteiger partial charge on any atom is 0.330 e. The van der Waals surface area contributed by atoms with Gasteiger partial charge in [0.2, 0.25) is 0 Å². The van der Waals surface area contributed by atoms with Gasteiger partial charge in [0.1, 0.15) is 11.3 Å². The quantitative estimate of drug-likeness (QED) is 0.438. The number of fused-ring (bicyclic) bond motifs is 1. The third-order valence-corrected chi connectivity index (χ3v) is 6.33. The molecular formula is C26H28N4O2. The molecule has 5 rings (SSSR count). The van der Waals surface area contributed by atoms with Crippen LogP contribution in [0.5, 0.6) is 5.75 Å². The summed E-state index contributed by atoms with van der Waals surface area (Å²) in [6, 6.07) is 16.2. The molecular weight excluding hydrogens is 400 g/mol. The third-order valence-electron chi connectivity index (χ3n) is 6.33. The van der Waals surface area contributed by atoms with Crippen molar-refractivity contribution >= 4 is 11.2 Å². The number of rotatable bonds is 6. The number of ether oxygens (including phenoxy) is 1. The summed E-state index contributed by atoms with van der Waals surface area (Å²) in [6.45, 7) is 4.77. The predicted molar refractivity (Wildman–Crippen MR) is 126 cm³/mol. The van der Waals surface area contributed by atoms with Gasteiger partial charge in [-0.1, -0.05) is 50.2 Å². The Morgan fingerprint density at radius 3 is 2.53 bits per heavy atom. The second-order valence-electron chi connectivity index (χ2n) is 8.89. The summed E-state index contributed by atoms with van der Waals surface area (Å²) in [4.78, 5) is 22.5. The first-order valence-corrected chi connectivity index (χ1v) is 11.3. The van der Waals surface area contributed by atoms with Crippen LogP contribution in [0.2, 0.25) is 0 Å². The standard InChI is InChI=1S/C26H28N4O2/c1-17(2)21-9-4-5-10-22(21)24-27-15-23-25(28-24)30(26(31)29(23)3)16-18-11-13-20(14-12-18)32-19-7-6-8-19/h4-5,9-15,17,19H,6-8,16H2,1-3H3. The summed E-state index contributed by atoms with van der Waals surface area (Å²) in [5, 5.41) is 0. The molecule has 6 heteroatoms. The van der Waals surface area contributed by atoms with Crippen LogP contribution in [0.15, 0.2) is 59.5 Å². The normalized spacial score (nSPS) is 14.1. The second-order valence-corrected chi connectivity index (χ2v) is 8.89. The van der Waals surface area contributed by atoms with Crippen molar-refractivity contribution in [1.82, 2.24) is 19.1 Å². The Balaban J connectivity index is 1.51. The van der Waals surface area contributed by atoms with Crippen LogP contribution in [0.3, 0.4) is 0 Å². The number of benzene rings is 2. The fourth-order valence-corrected chi connectivity index (χ4v) is 4.19. The molecule has 1 aliphatic rings. The molecule has 0 amide bonds. The Morgan fingerprint density at radius 2 is 1.84 bits per heavy atom. The number of aromatic nitrogens is 4. The third kappa shape index (κ3) is 3.70. The molecule has 0 spiro atoms. The summed E-state index contributed by atoms with van der Waals surface area (Å²) < 4.78 is 9.29. The van der Waals surface area contributed by atoms with Crippen LogP contribution >= 0.6 is 0 Å². The van der Waals surface area contributed by atoms with E-state index in [9.17, 15) is 4.79 Å². The van der Waals surface area contributed by atoms with E-state index in [0.717, 1.165) is 35.2 Å². The van der Waals surface area contributed by atoms with E-state index in [1.165, 1.54) is 12.0 Å². The van der Waals surface area contributed by atoms with E-state index >= 15 is 0 Å². The molecule has 0 aliphatic heterocycles. The van der Waals surface area contributed by atoms with Crippen LogP contribution in [0, 0.1) is 0 Å². The van der Waals surface area contributed by atoms with Crippen molar-refractivity contribution in [3.63, 3.8) is 0 Å². The molecule has 0 N–H and O–H groups in total. The van der Waals surface area contributed by atoms with Crippen LogP contribution in [0.4, 0.5) is 0 Å². The highest BCUT2D eigenvalue weighted by Gasteiger charge is 2.19. The van der Waals surface area contributed by atoms with Crippen molar-refractivity contribution in [3.05, 3.63) is 76.3 Å². The number of hydrogen-bond acceptors (Lipinski definition) is 4. The molecule has 0 radical (unpaired) electrons. The lowest BCUT2D eigenvalue weighted by molar-refractivity contribution is 0.120. The number of hydrogen-bond donors (Lipinski definition) is 0. The highest BCUT2D eigenvalue weighted by atomic mass is 16.5. The first kappa shape index (κ1) is 20.5. The van der Waals surface area contributed by atoms with Gasteiger partial charge in [0.15, 0.2) is 11.5 Å². The molecule has 4 aromatic rings. The lowest BCUT2D eigenvalue weighted by atomic mass is 9.96. The van der Waals surface area contributed by atoms with E-state index in [-0.39, 0.29) is 5.69 Å². The van der Waals surface area contributed by atoms with Gasteiger partial charge in [0.25, 0.3) is 0 Å². The topological polar surface area (TPSA) is 61.9 Å². The minimum absolute atomic E-state index is 0.0987. The molecule has 0 unspecified atom stereocenters. The SMILES string of the molecule is CC(C)c1ccccc1-c1ncc2c(n1)n(Cc1ccc(OC3CCC3)cc1)c(=O)n2C. The van der Waals surface area contributed by atoms with E-state index < -0.39 is 0 Å². The molecule has 1 aliphatic carbocycles. The number of nitrogens with zero attached hydrogens (tertiary/aromatic N) is 4. The molecule has 1 fully saturated rings. The zero-order valence-electron chi connectivity index (χ0n) is 18.8. The highest BCUT2D eigenvalue weighted by Crippen LogP contribution is 2.28. The summed E-state index contributed by atoms with van der Waals surface area (Å²) in [5.41, 5.74) is 4.51. The van der Waals surface area contributed by atoms with Crippen LogP contribution in [-0.2, 0) is 13.6 Å². The average Bonchev–Trinajstić information content (AvgIpc) is 3.01. The van der Waals surface area contributed by atoms with Crippen molar-refractivity contribution in [2.24, 2.45) is 7.05 Å². The molecule has 2 aromatic carbocycles. The van der Waals surface area contributed by atoms with Gasteiger partial charge in [-0.15, -0.1) is 0 Å². The van der Waals surface area contributed by atoms with Crippen LogP contribution < -0.4 is 10.4 Å². The molecule has 0 saturated heterocycles. The minimum atomic E-state index is -0.0987. The first-order chi connectivity index (χ1) is 15.5. The number of imidazole rings is 1. The summed E-state index contributed by atoms with van der Waals surface area (Å²) in [5.74, 6) is 1.88. The fourth-order valence-electron chi connectivity index (χ4n) is 4.19. The molecule has 2 aromatic heterocycles. The van der Waals surface area contributed by atoms with Crippen molar-refractivity contribution in [2.75, 3.05) is 0 Å². The number of aryl methyl sites for hydroxylation is 1. The van der Waals surface area contributed by atoms with E-state index in [0.29, 0.717) is 30.0 Å². The van der Waals surface area contributed by atoms with Gasteiger partial charge in [-0.25, -0.2) is 14.8 Å². The summed E-state index contributed by atoms with van der Waals surface area (Å²) >= 11 is 0. The molecule has 164 valence electrons. The Kier molecular flexibility index (Phi) is 5.29. The molecule has 32 heavy (non-hydrogen) atoms. The van der Waals surface area contributed by atoms with Gasteiger partial charge in [0, 0.05) is 12.6 Å². The van der Waals surface area contributed by atoms with Gasteiger partial charge in [-0.3, -0.25) is 9.13 Å². The Labute approximate surface area is 187 Å². The van der Waals surface area contributed by atoms with Crippen molar-refractivity contribution in [2.45, 2.75) is 51.7 Å². The van der Waals surface area contributed by atoms with Gasteiger partial charge >= 0.3 is 5.69 Å². The van der Waals surface area contributed by atoms with Gasteiger partial charge in [-0.05, 0) is 48.4 Å². The van der Waals surface area contributed by atoms with Gasteiger partial charge < -0.3 is 4.74 Å². The van der Waals surface area contributed by atoms with Crippen molar-refractivity contribution in [1.29, 1.82) is 0 Å². The first-order valence-electron chi connectivity index (χ1n) is 11.3. The predicted octanol–water partition coefficient (Wildman–Crippen LogP) is 4.90. The largest absolute Gasteiger partial charge is 0.490 e. The Morgan fingerprint density at radius 1 is 1.09 bits per heavy atom. The van der Waals surface area contributed by atoms with Crippen molar-refractivity contribution < 1.29 is 4.74 Å². The maximum absolute atomic E-state index is 13.0. The molecule has 1 saturated carbocycles. The molecule has 0 bridgehead atoms. The van der Waals surface area contributed by atoms with Gasteiger partial charge in [0.05, 0.1) is 18.8 Å². The average molecular weight is 429 g/mol. The summed E-state index contributed by atoms with van der Waals surface area (Å²) in [6.07, 6.45) is 5.62. The second kappa shape index (κ2) is 8.26. The van der Waals surface area contributed by atoms with Gasteiger partial charge in [-0.2, -0.15) is 0 Å². The van der Waals surface area contributed by atoms with Crippen LogP contribution in [-0.4, -0.2) is 25.2 Å². The molecule has 2 heterocycles. The van der Waals surface area contributed by atoms with Crippen LogP contribution in [0.25, 0.3) is 22.6 Å². The Bertz CT molecular complexity index is 1310. The van der Waals surface area contributed by atoms with E-state index in [1.54, 1.807) is 22.4 Å². The highest BCUT2D eigenvalue weighted by molar-refractivity contribution is 5.74. The smallest absolute Gasteiger partial charge is 0.330 e. The monoisotopic (exact) mass is 428 g/mol. The molecule has 0 atom stereocenters. The van der Waals surface area contributed by atoms with E-state index in [2.05, 4.69) is 24.9 Å². The minimum Gasteiger partial charge on any atom is -0.490 e. The van der Waals surface area contributed by atoms with Crippen LogP contribution in [0.1, 0.15) is 50.2 Å². The van der Waals surface area contributed by atoms with E-state index in [1.807, 2.05) is 42.5 Å². The zero-order chi connectivity index (χ0) is 22.2. The lowest BCUT2D eigenvalue weighted by Gasteiger charge is -2.26. The lowest BCUT2D eigenvalue weighted by Crippen LogP contribution is -2.24. The molecule has 6 nitrogen and oxygen atoms in total. The summed E-state index contributed by atoms with van der Waals surface area (Å²) in [7, 11) is 1.77. The fraction of sp³-hybridized carbons (Fsp3) is 0.346. The van der Waals surface area contributed by atoms with E-state index in [4.69, 9.17) is 9.72 Å².